The van der Waals surface area contributed by atoms with Gasteiger partial charge in [-0.3, -0.25) is 4.79 Å². The molecule has 6 heteroatoms. The van der Waals surface area contributed by atoms with Crippen molar-refractivity contribution >= 4 is 18.3 Å². The molecule has 0 saturated carbocycles. The number of hydrogen-bond acceptors (Lipinski definition) is 3. The van der Waals surface area contributed by atoms with Gasteiger partial charge < -0.3 is 15.7 Å². The van der Waals surface area contributed by atoms with Crippen LogP contribution in [0.4, 0.5) is 4.39 Å². The lowest BCUT2D eigenvalue weighted by Crippen LogP contribution is -2.36. The van der Waals surface area contributed by atoms with Gasteiger partial charge in [0.25, 0.3) is 0 Å². The van der Waals surface area contributed by atoms with Crippen molar-refractivity contribution in [2.75, 3.05) is 19.6 Å². The minimum Gasteiger partial charge on any atom is -0.391 e. The van der Waals surface area contributed by atoms with Gasteiger partial charge in [0.2, 0.25) is 5.91 Å². The lowest BCUT2D eigenvalue weighted by atomic mass is 9.99. The van der Waals surface area contributed by atoms with Crippen molar-refractivity contribution in [3.05, 3.63) is 35.6 Å². The molecule has 3 unspecified atom stereocenters. The van der Waals surface area contributed by atoms with Crippen molar-refractivity contribution in [1.29, 1.82) is 0 Å². The molecule has 1 amide bonds. The molecule has 3 N–H and O–H groups in total. The third kappa shape index (κ3) is 4.16. The Kier molecular flexibility index (Phi) is 6.39. The van der Waals surface area contributed by atoms with Gasteiger partial charge in [-0.1, -0.05) is 12.1 Å². The van der Waals surface area contributed by atoms with Crippen LogP contribution in [0.2, 0.25) is 0 Å². The van der Waals surface area contributed by atoms with Crippen molar-refractivity contribution in [2.24, 2.45) is 5.92 Å². The second kappa shape index (κ2) is 7.57. The maximum Gasteiger partial charge on any atom is 0.227 e. The van der Waals surface area contributed by atoms with Crippen LogP contribution >= 0.6 is 12.4 Å². The smallest absolute Gasteiger partial charge is 0.227 e. The molecule has 4 nitrogen and oxygen atoms in total. The first-order valence-corrected chi connectivity index (χ1v) is 6.50. The van der Waals surface area contributed by atoms with E-state index in [4.69, 9.17) is 0 Å². The molecule has 1 aromatic rings. The summed E-state index contributed by atoms with van der Waals surface area (Å²) in [5.41, 5.74) is 0.655. The van der Waals surface area contributed by atoms with Crippen LogP contribution in [-0.2, 0) is 4.79 Å². The molecule has 0 aliphatic carbocycles. The summed E-state index contributed by atoms with van der Waals surface area (Å²) in [6.07, 6.45) is -0.412. The zero-order valence-corrected chi connectivity index (χ0v) is 12.1. The Morgan fingerprint density at radius 2 is 2.30 bits per heavy atom. The minimum absolute atomic E-state index is 0. The SMILES string of the molecule is CC(C(=O)NCC1CNCC1O)c1cccc(F)c1.Cl. The third-order valence-corrected chi connectivity index (χ3v) is 3.58. The van der Waals surface area contributed by atoms with E-state index < -0.39 is 12.0 Å². The predicted molar refractivity (Wildman–Crippen MR) is 77.4 cm³/mol. The van der Waals surface area contributed by atoms with Crippen LogP contribution in [0.15, 0.2) is 24.3 Å². The summed E-state index contributed by atoms with van der Waals surface area (Å²) in [6, 6.07) is 6.06. The van der Waals surface area contributed by atoms with Crippen molar-refractivity contribution in [3.63, 3.8) is 0 Å². The van der Waals surface area contributed by atoms with Gasteiger partial charge in [-0.25, -0.2) is 4.39 Å². The fraction of sp³-hybridized carbons (Fsp3) is 0.500. The van der Waals surface area contributed by atoms with Crippen LogP contribution in [0, 0.1) is 11.7 Å². The highest BCUT2D eigenvalue weighted by Gasteiger charge is 2.26. The zero-order chi connectivity index (χ0) is 13.8. The Morgan fingerprint density at radius 1 is 1.55 bits per heavy atom. The Balaban J connectivity index is 0.00000200. The van der Waals surface area contributed by atoms with Crippen molar-refractivity contribution in [2.45, 2.75) is 18.9 Å². The van der Waals surface area contributed by atoms with Gasteiger partial charge in [0.05, 0.1) is 12.0 Å². The Labute approximate surface area is 124 Å². The molecule has 2 rings (SSSR count). The van der Waals surface area contributed by atoms with Gasteiger partial charge >= 0.3 is 0 Å². The molecule has 0 radical (unpaired) electrons. The Hall–Kier alpha value is -1.17. The minimum atomic E-state index is -0.412. The van der Waals surface area contributed by atoms with Gasteiger partial charge in [0.1, 0.15) is 5.82 Å². The van der Waals surface area contributed by atoms with E-state index in [1.165, 1.54) is 12.1 Å². The summed E-state index contributed by atoms with van der Waals surface area (Å²) in [6.45, 7) is 3.45. The van der Waals surface area contributed by atoms with Crippen LogP contribution in [0.1, 0.15) is 18.4 Å². The molecule has 1 aromatic carbocycles. The third-order valence-electron chi connectivity index (χ3n) is 3.58. The quantitative estimate of drug-likeness (QED) is 0.779. The standard InChI is InChI=1S/C14H19FN2O2.ClH/c1-9(10-3-2-4-12(15)5-10)14(19)17-7-11-6-16-8-13(11)18;/h2-5,9,11,13,16,18H,6-8H2,1H3,(H,17,19);1H. The summed E-state index contributed by atoms with van der Waals surface area (Å²) in [4.78, 5) is 12.0. The summed E-state index contributed by atoms with van der Waals surface area (Å²) >= 11 is 0. The number of aliphatic hydroxyl groups is 1. The number of β-amino-alcohol motifs (C(OH)–C–C–N with tert-alkyl or cyclic N) is 1. The monoisotopic (exact) mass is 302 g/mol. The molecule has 1 heterocycles. The number of carbonyl (C=O) groups excluding carboxylic acids is 1. The fourth-order valence-corrected chi connectivity index (χ4v) is 2.24. The van der Waals surface area contributed by atoms with Crippen LogP contribution in [-0.4, -0.2) is 36.8 Å². The number of hydrogen-bond donors (Lipinski definition) is 3. The molecule has 1 aliphatic heterocycles. The van der Waals surface area contributed by atoms with Gasteiger partial charge in [-0.15, -0.1) is 12.4 Å². The molecule has 1 fully saturated rings. The van der Waals surface area contributed by atoms with Crippen molar-refractivity contribution < 1.29 is 14.3 Å². The van der Waals surface area contributed by atoms with E-state index in [1.807, 2.05) is 0 Å². The van der Waals surface area contributed by atoms with Crippen LogP contribution in [0.5, 0.6) is 0 Å². The first kappa shape index (κ1) is 16.9. The lowest BCUT2D eigenvalue weighted by Gasteiger charge is -2.17. The topological polar surface area (TPSA) is 61.4 Å². The van der Waals surface area contributed by atoms with Crippen LogP contribution in [0.3, 0.4) is 0 Å². The largest absolute Gasteiger partial charge is 0.391 e. The highest BCUT2D eigenvalue weighted by atomic mass is 35.5. The Bertz CT molecular complexity index is 459. The average Bonchev–Trinajstić information content (AvgIpc) is 2.80. The van der Waals surface area contributed by atoms with Crippen molar-refractivity contribution in [3.8, 4) is 0 Å². The summed E-state index contributed by atoms with van der Waals surface area (Å²) < 4.78 is 13.1. The summed E-state index contributed by atoms with van der Waals surface area (Å²) in [5, 5.41) is 15.5. The van der Waals surface area contributed by atoms with Crippen molar-refractivity contribution in [1.82, 2.24) is 10.6 Å². The van der Waals surface area contributed by atoms with E-state index in [2.05, 4.69) is 10.6 Å². The molecule has 1 aliphatic rings. The average molecular weight is 303 g/mol. The number of benzene rings is 1. The highest BCUT2D eigenvalue weighted by Crippen LogP contribution is 2.16. The Morgan fingerprint density at radius 3 is 2.90 bits per heavy atom. The van der Waals surface area contributed by atoms with E-state index in [0.29, 0.717) is 25.2 Å². The first-order valence-electron chi connectivity index (χ1n) is 6.50. The second-order valence-corrected chi connectivity index (χ2v) is 5.01. The lowest BCUT2D eigenvalue weighted by molar-refractivity contribution is -0.122. The fourth-order valence-electron chi connectivity index (χ4n) is 2.24. The number of halogens is 2. The summed E-state index contributed by atoms with van der Waals surface area (Å²) in [5.74, 6) is -0.844. The van der Waals surface area contributed by atoms with E-state index in [1.54, 1.807) is 19.1 Å². The first-order chi connectivity index (χ1) is 9.08. The molecule has 0 bridgehead atoms. The number of nitrogens with one attached hydrogen (secondary N) is 2. The van der Waals surface area contributed by atoms with Crippen LogP contribution in [0.25, 0.3) is 0 Å². The molecule has 112 valence electrons. The predicted octanol–water partition coefficient (Wildman–Crippen LogP) is 1.05. The number of aliphatic hydroxyl groups excluding tert-OH is 1. The maximum atomic E-state index is 13.1. The maximum absolute atomic E-state index is 13.1. The highest BCUT2D eigenvalue weighted by molar-refractivity contribution is 5.85. The summed E-state index contributed by atoms with van der Waals surface area (Å²) in [7, 11) is 0. The van der Waals surface area contributed by atoms with E-state index in [-0.39, 0.29) is 30.0 Å². The molecule has 3 atom stereocenters. The van der Waals surface area contributed by atoms with Gasteiger partial charge in [-0.2, -0.15) is 0 Å². The number of amides is 1. The molecule has 20 heavy (non-hydrogen) atoms. The van der Waals surface area contributed by atoms with Gasteiger partial charge in [0, 0.05) is 25.6 Å². The van der Waals surface area contributed by atoms with E-state index >= 15 is 0 Å². The van der Waals surface area contributed by atoms with Gasteiger partial charge in [0.15, 0.2) is 0 Å². The molecule has 0 aromatic heterocycles. The van der Waals surface area contributed by atoms with E-state index in [0.717, 1.165) is 0 Å². The van der Waals surface area contributed by atoms with Gasteiger partial charge in [-0.05, 0) is 24.6 Å². The zero-order valence-electron chi connectivity index (χ0n) is 11.3. The number of carbonyl (C=O) groups is 1. The van der Waals surface area contributed by atoms with Crippen LogP contribution < -0.4 is 10.6 Å². The molecule has 1 saturated heterocycles. The molecule has 0 spiro atoms. The second-order valence-electron chi connectivity index (χ2n) is 5.01. The van der Waals surface area contributed by atoms with E-state index in [9.17, 15) is 14.3 Å². The molecular formula is C14H20ClFN2O2. The number of rotatable bonds is 4. The normalized spacial score (nSPS) is 22.9. The molecular weight excluding hydrogens is 283 g/mol.